The molecule has 0 unspecified atom stereocenters. The van der Waals surface area contributed by atoms with Gasteiger partial charge in [0.1, 0.15) is 0 Å². The van der Waals surface area contributed by atoms with Gasteiger partial charge in [-0.05, 0) is 14.1 Å². The molecule has 0 rings (SSSR count). The summed E-state index contributed by atoms with van der Waals surface area (Å²) < 4.78 is 0. The maximum atomic E-state index is 12.3. The lowest BCUT2D eigenvalue weighted by atomic mass is 10.3. The van der Waals surface area contributed by atoms with E-state index in [9.17, 15) is 24.0 Å². The lowest BCUT2D eigenvalue weighted by Gasteiger charge is -2.25. The van der Waals surface area contributed by atoms with Gasteiger partial charge in [-0.3, -0.25) is 24.0 Å². The van der Waals surface area contributed by atoms with Gasteiger partial charge < -0.3 is 24.5 Å². The molecule has 0 aliphatic rings. The van der Waals surface area contributed by atoms with Gasteiger partial charge in [-0.25, -0.2) is 0 Å². The molecule has 0 saturated heterocycles. The van der Waals surface area contributed by atoms with Gasteiger partial charge in [0.2, 0.25) is 23.6 Å². The Hall–Kier alpha value is -2.49. The van der Waals surface area contributed by atoms with Crippen molar-refractivity contribution >= 4 is 29.4 Å². The summed E-state index contributed by atoms with van der Waals surface area (Å²) in [5.41, 5.74) is 0. The van der Waals surface area contributed by atoms with E-state index >= 15 is 0 Å². The van der Waals surface area contributed by atoms with Gasteiger partial charge >= 0.3 is 0 Å². The van der Waals surface area contributed by atoms with Crippen molar-refractivity contribution in [3.8, 4) is 0 Å². The van der Waals surface area contributed by atoms with E-state index in [-0.39, 0.29) is 56.2 Å². The number of likely N-dealkylation sites (N-methyl/N-ethyl adjacent to an activating group) is 5. The number of carbonyl (C=O) groups is 5. The Labute approximate surface area is 167 Å². The fourth-order valence-corrected chi connectivity index (χ4v) is 2.09. The van der Waals surface area contributed by atoms with Crippen LogP contribution in [0.5, 0.6) is 0 Å². The Morgan fingerprint density at radius 2 is 0.786 bits per heavy atom. The average molecular weight is 399 g/mol. The Morgan fingerprint density at radius 3 is 1.07 bits per heavy atom. The highest BCUT2D eigenvalue weighted by atomic mass is 16.2. The first-order valence-corrected chi connectivity index (χ1v) is 9.01. The zero-order chi connectivity index (χ0) is 22.0. The van der Waals surface area contributed by atoms with E-state index in [0.29, 0.717) is 6.42 Å². The van der Waals surface area contributed by atoms with Gasteiger partial charge in [0.15, 0.2) is 5.78 Å². The van der Waals surface area contributed by atoms with Crippen LogP contribution in [0, 0.1) is 0 Å². The molecule has 0 bridgehead atoms. The summed E-state index contributed by atoms with van der Waals surface area (Å²) >= 11 is 0. The van der Waals surface area contributed by atoms with E-state index in [2.05, 4.69) is 0 Å². The molecule has 0 spiro atoms. The monoisotopic (exact) mass is 399 g/mol. The molecular formula is C18H33N5O5. The molecular weight excluding hydrogens is 366 g/mol. The number of nitrogens with zero attached hydrogens (tertiary/aromatic N) is 5. The highest BCUT2D eigenvalue weighted by Crippen LogP contribution is 1.97. The molecule has 0 aliphatic carbocycles. The molecule has 0 radical (unpaired) electrons. The Morgan fingerprint density at radius 1 is 0.500 bits per heavy atom. The maximum Gasteiger partial charge on any atom is 0.242 e. The van der Waals surface area contributed by atoms with E-state index in [0.717, 1.165) is 0 Å². The first-order chi connectivity index (χ1) is 12.9. The van der Waals surface area contributed by atoms with Crippen molar-refractivity contribution in [2.75, 3.05) is 75.0 Å². The van der Waals surface area contributed by atoms with Crippen molar-refractivity contribution in [1.29, 1.82) is 0 Å². The molecule has 0 saturated carbocycles. The summed E-state index contributed by atoms with van der Waals surface area (Å²) in [6, 6.07) is 0. The number of carbonyl (C=O) groups excluding carboxylic acids is 5. The molecule has 4 amide bonds. The number of hydrogen-bond acceptors (Lipinski definition) is 6. The third kappa shape index (κ3) is 9.45. The van der Waals surface area contributed by atoms with Crippen LogP contribution in [0.4, 0.5) is 0 Å². The van der Waals surface area contributed by atoms with E-state index in [1.165, 1.54) is 47.8 Å². The molecule has 28 heavy (non-hydrogen) atoms. The van der Waals surface area contributed by atoms with Crippen LogP contribution in [0.15, 0.2) is 0 Å². The number of ketones is 1. The number of amides is 4. The van der Waals surface area contributed by atoms with Crippen LogP contribution in [-0.4, -0.2) is 129 Å². The lowest BCUT2D eigenvalue weighted by molar-refractivity contribution is -0.144. The summed E-state index contributed by atoms with van der Waals surface area (Å²) in [4.78, 5) is 66.6. The topological polar surface area (TPSA) is 102 Å². The lowest BCUT2D eigenvalue weighted by Crippen LogP contribution is -2.47. The van der Waals surface area contributed by atoms with Gasteiger partial charge in [-0.15, -0.1) is 0 Å². The Kier molecular flexibility index (Phi) is 11.0. The first-order valence-electron chi connectivity index (χ1n) is 9.01. The van der Waals surface area contributed by atoms with Crippen molar-refractivity contribution in [2.24, 2.45) is 0 Å². The van der Waals surface area contributed by atoms with E-state index in [1.807, 2.05) is 0 Å². The summed E-state index contributed by atoms with van der Waals surface area (Å²) in [5.74, 6) is -1.43. The smallest absolute Gasteiger partial charge is 0.242 e. The third-order valence-electron chi connectivity index (χ3n) is 4.08. The normalized spacial score (nSPS) is 10.4. The summed E-state index contributed by atoms with van der Waals surface area (Å²) in [7, 11) is 9.46. The molecule has 0 aliphatic heterocycles. The minimum atomic E-state index is -0.415. The minimum Gasteiger partial charge on any atom is -0.337 e. The molecule has 10 heteroatoms. The fourth-order valence-electron chi connectivity index (χ4n) is 2.09. The van der Waals surface area contributed by atoms with Crippen LogP contribution in [0.3, 0.4) is 0 Å². The van der Waals surface area contributed by atoms with Crippen molar-refractivity contribution in [3.05, 3.63) is 0 Å². The van der Waals surface area contributed by atoms with Crippen molar-refractivity contribution in [3.63, 3.8) is 0 Å². The largest absolute Gasteiger partial charge is 0.337 e. The molecule has 0 N–H and O–H groups in total. The second-order valence-corrected chi connectivity index (χ2v) is 7.13. The van der Waals surface area contributed by atoms with Crippen molar-refractivity contribution in [2.45, 2.75) is 13.3 Å². The number of rotatable bonds is 11. The van der Waals surface area contributed by atoms with Gasteiger partial charge in [0, 0.05) is 34.6 Å². The number of hydrogen-bond donors (Lipinski definition) is 0. The summed E-state index contributed by atoms with van der Waals surface area (Å²) in [6.45, 7) is 1.37. The Bertz CT molecular complexity index is 593. The van der Waals surface area contributed by atoms with Crippen LogP contribution in [0.1, 0.15) is 13.3 Å². The van der Waals surface area contributed by atoms with Gasteiger partial charge in [-0.1, -0.05) is 6.92 Å². The number of Topliss-reactive ketones (excluding diaryl/α,β-unsaturated/α-hetero) is 1. The first kappa shape index (κ1) is 25.5. The molecule has 160 valence electrons. The minimum absolute atomic E-state index is 0.00304. The van der Waals surface area contributed by atoms with Gasteiger partial charge in [0.05, 0.1) is 32.7 Å². The van der Waals surface area contributed by atoms with Gasteiger partial charge in [-0.2, -0.15) is 0 Å². The van der Waals surface area contributed by atoms with Crippen LogP contribution in [0.25, 0.3) is 0 Å². The standard InChI is InChI=1S/C18H33N5O5/c1-8-14(24)9-20(4)16(26)11-22(6)18(28)13-23(7)17(27)12-21(5)15(25)10-19(2)3/h8-13H2,1-7H3. The second kappa shape index (κ2) is 12.1. The molecule has 0 aromatic rings. The van der Waals surface area contributed by atoms with E-state index in [4.69, 9.17) is 0 Å². The molecule has 0 fully saturated rings. The van der Waals surface area contributed by atoms with Crippen LogP contribution >= 0.6 is 0 Å². The Balaban J connectivity index is 4.55. The molecule has 0 atom stereocenters. The van der Waals surface area contributed by atoms with Crippen LogP contribution in [-0.2, 0) is 24.0 Å². The van der Waals surface area contributed by atoms with Gasteiger partial charge in [0.25, 0.3) is 0 Å². The zero-order valence-electron chi connectivity index (χ0n) is 18.0. The summed E-state index contributed by atoms with van der Waals surface area (Å²) in [5, 5.41) is 0. The third-order valence-corrected chi connectivity index (χ3v) is 4.08. The average Bonchev–Trinajstić information content (AvgIpc) is 2.60. The van der Waals surface area contributed by atoms with Crippen LogP contribution in [0.2, 0.25) is 0 Å². The highest BCUT2D eigenvalue weighted by Gasteiger charge is 2.22. The highest BCUT2D eigenvalue weighted by molar-refractivity contribution is 5.91. The predicted molar refractivity (Wildman–Crippen MR) is 104 cm³/mol. The van der Waals surface area contributed by atoms with Crippen LogP contribution < -0.4 is 0 Å². The molecule has 10 nitrogen and oxygen atoms in total. The molecule has 0 heterocycles. The fraction of sp³-hybridized carbons (Fsp3) is 0.722. The molecule has 0 aromatic heterocycles. The predicted octanol–water partition coefficient (Wildman–Crippen LogP) is -1.64. The maximum absolute atomic E-state index is 12.3. The SMILES string of the molecule is CCC(=O)CN(C)C(=O)CN(C)C(=O)CN(C)C(=O)CN(C)C(=O)CN(C)C. The van der Waals surface area contributed by atoms with E-state index < -0.39 is 5.91 Å². The zero-order valence-corrected chi connectivity index (χ0v) is 18.0. The quantitative estimate of drug-likeness (QED) is 0.413. The van der Waals surface area contributed by atoms with Crippen molar-refractivity contribution in [1.82, 2.24) is 24.5 Å². The molecule has 0 aromatic carbocycles. The second-order valence-electron chi connectivity index (χ2n) is 7.13. The summed E-state index contributed by atoms with van der Waals surface area (Å²) in [6.07, 6.45) is 0.338. The van der Waals surface area contributed by atoms with Crippen molar-refractivity contribution < 1.29 is 24.0 Å². The van der Waals surface area contributed by atoms with E-state index in [1.54, 1.807) is 25.9 Å².